The van der Waals surface area contributed by atoms with Gasteiger partial charge in [-0.05, 0) is 63.1 Å². The summed E-state index contributed by atoms with van der Waals surface area (Å²) < 4.78 is 34.5. The first-order valence-electron chi connectivity index (χ1n) is 9.01. The van der Waals surface area contributed by atoms with E-state index in [0.29, 0.717) is 30.3 Å². The van der Waals surface area contributed by atoms with E-state index in [2.05, 4.69) is 5.32 Å². The molecule has 152 valence electrons. The smallest absolute Gasteiger partial charge is 0.251 e. The van der Waals surface area contributed by atoms with Crippen LogP contribution in [0.2, 0.25) is 0 Å². The van der Waals surface area contributed by atoms with Crippen molar-refractivity contribution in [2.45, 2.75) is 38.6 Å². The van der Waals surface area contributed by atoms with E-state index in [1.54, 1.807) is 25.1 Å². The fourth-order valence-electron chi connectivity index (χ4n) is 2.75. The molecule has 1 amide bonds. The topological polar surface area (TPSA) is 108 Å². The normalized spacial score (nSPS) is 12.3. The predicted molar refractivity (Wildman–Crippen MR) is 107 cm³/mol. The lowest BCUT2D eigenvalue weighted by Gasteiger charge is -2.18. The Morgan fingerprint density at radius 1 is 1.07 bits per heavy atom. The number of carbonyl (C=O) groups excluding carboxylic acids is 1. The van der Waals surface area contributed by atoms with Crippen LogP contribution in [-0.2, 0) is 10.0 Å². The van der Waals surface area contributed by atoms with Gasteiger partial charge in [0.05, 0.1) is 24.2 Å². The maximum atomic E-state index is 12.6. The molecule has 3 N–H and O–H groups in total. The van der Waals surface area contributed by atoms with Gasteiger partial charge in [-0.3, -0.25) is 4.79 Å². The molecule has 2 aromatic rings. The van der Waals surface area contributed by atoms with Gasteiger partial charge in [-0.1, -0.05) is 12.1 Å². The number of primary sulfonamides is 1. The van der Waals surface area contributed by atoms with Crippen molar-refractivity contribution in [1.29, 1.82) is 0 Å². The number of ether oxygens (including phenoxy) is 2. The lowest BCUT2D eigenvalue weighted by atomic mass is 10.1. The van der Waals surface area contributed by atoms with Gasteiger partial charge in [0.15, 0.2) is 11.5 Å². The van der Waals surface area contributed by atoms with E-state index >= 15 is 0 Å². The Hall–Kier alpha value is -2.58. The minimum Gasteiger partial charge on any atom is -0.490 e. The summed E-state index contributed by atoms with van der Waals surface area (Å²) in [6.07, 6.45) is 0. The summed E-state index contributed by atoms with van der Waals surface area (Å²) in [5.41, 5.74) is 1.54. The van der Waals surface area contributed by atoms with Gasteiger partial charge >= 0.3 is 0 Å². The summed E-state index contributed by atoms with van der Waals surface area (Å²) in [6.45, 7) is 8.24. The Labute approximate surface area is 165 Å². The Bertz CT molecular complexity index is 957. The molecule has 0 bridgehead atoms. The van der Waals surface area contributed by atoms with Crippen LogP contribution in [0.25, 0.3) is 0 Å². The molecular weight excluding hydrogens is 380 g/mol. The lowest BCUT2D eigenvalue weighted by molar-refractivity contribution is 0.0939. The van der Waals surface area contributed by atoms with Crippen LogP contribution in [0, 0.1) is 6.92 Å². The molecule has 2 rings (SSSR count). The van der Waals surface area contributed by atoms with Gasteiger partial charge in [0, 0.05) is 5.56 Å². The van der Waals surface area contributed by atoms with E-state index in [9.17, 15) is 13.2 Å². The van der Waals surface area contributed by atoms with Gasteiger partial charge in [0.1, 0.15) is 0 Å². The SMILES string of the molecule is CCOc1ccc([C@H](C)NC(=O)c2ccc(C)c(S(N)(=O)=O)c2)cc1OCC. The minimum absolute atomic E-state index is 0.0625. The van der Waals surface area contributed by atoms with Crippen LogP contribution in [0.1, 0.15) is 48.3 Å². The number of nitrogens with one attached hydrogen (secondary N) is 1. The number of hydrogen-bond acceptors (Lipinski definition) is 5. The van der Waals surface area contributed by atoms with Crippen molar-refractivity contribution < 1.29 is 22.7 Å². The Kier molecular flexibility index (Phi) is 7.04. The number of aryl methyl sites for hydroxylation is 1. The van der Waals surface area contributed by atoms with Gasteiger partial charge in [-0.2, -0.15) is 0 Å². The average molecular weight is 407 g/mol. The Balaban J connectivity index is 2.24. The zero-order chi connectivity index (χ0) is 20.9. The minimum atomic E-state index is -3.90. The predicted octanol–water partition coefficient (Wildman–Crippen LogP) is 2.93. The summed E-state index contributed by atoms with van der Waals surface area (Å²) in [6, 6.07) is 9.56. The van der Waals surface area contributed by atoms with Crippen molar-refractivity contribution in [3.63, 3.8) is 0 Å². The van der Waals surface area contributed by atoms with Crippen molar-refractivity contribution in [2.75, 3.05) is 13.2 Å². The van der Waals surface area contributed by atoms with E-state index in [1.807, 2.05) is 32.9 Å². The zero-order valence-electron chi connectivity index (χ0n) is 16.5. The molecule has 8 heteroatoms. The number of rotatable bonds is 8. The van der Waals surface area contributed by atoms with Gasteiger partial charge in [-0.25, -0.2) is 13.6 Å². The number of benzene rings is 2. The Morgan fingerprint density at radius 2 is 1.71 bits per heavy atom. The molecule has 0 saturated heterocycles. The molecule has 0 aromatic heterocycles. The molecule has 0 unspecified atom stereocenters. The van der Waals surface area contributed by atoms with Crippen molar-refractivity contribution in [1.82, 2.24) is 5.32 Å². The number of amides is 1. The van der Waals surface area contributed by atoms with Crippen molar-refractivity contribution in [2.24, 2.45) is 5.14 Å². The van der Waals surface area contributed by atoms with Gasteiger partial charge < -0.3 is 14.8 Å². The van der Waals surface area contributed by atoms with Crippen LogP contribution in [0.3, 0.4) is 0 Å². The molecule has 0 aliphatic heterocycles. The summed E-state index contributed by atoms with van der Waals surface area (Å²) in [5, 5.41) is 8.08. The number of hydrogen-bond donors (Lipinski definition) is 2. The second kappa shape index (κ2) is 9.07. The fourth-order valence-corrected chi connectivity index (χ4v) is 3.56. The van der Waals surface area contributed by atoms with Crippen molar-refractivity contribution >= 4 is 15.9 Å². The first-order valence-corrected chi connectivity index (χ1v) is 10.6. The number of carbonyl (C=O) groups is 1. The van der Waals surface area contributed by atoms with E-state index in [0.717, 1.165) is 5.56 Å². The van der Waals surface area contributed by atoms with Crippen molar-refractivity contribution in [3.05, 3.63) is 53.1 Å². The Morgan fingerprint density at radius 3 is 2.32 bits per heavy atom. The third-order valence-electron chi connectivity index (χ3n) is 4.17. The van der Waals surface area contributed by atoms with E-state index in [1.165, 1.54) is 6.07 Å². The van der Waals surface area contributed by atoms with E-state index < -0.39 is 15.9 Å². The highest BCUT2D eigenvalue weighted by atomic mass is 32.2. The molecule has 0 aliphatic rings. The summed E-state index contributed by atoms with van der Waals surface area (Å²) >= 11 is 0. The second-order valence-corrected chi connectivity index (χ2v) is 7.82. The lowest BCUT2D eigenvalue weighted by Crippen LogP contribution is -2.27. The van der Waals surface area contributed by atoms with Crippen LogP contribution in [0.5, 0.6) is 11.5 Å². The summed E-state index contributed by atoms with van der Waals surface area (Å²) in [5.74, 6) is 0.849. The number of sulfonamides is 1. The third-order valence-corrected chi connectivity index (χ3v) is 5.22. The highest BCUT2D eigenvalue weighted by Crippen LogP contribution is 2.31. The summed E-state index contributed by atoms with van der Waals surface area (Å²) in [4.78, 5) is 12.5. The molecule has 0 heterocycles. The first-order chi connectivity index (χ1) is 13.2. The van der Waals surface area contributed by atoms with Crippen molar-refractivity contribution in [3.8, 4) is 11.5 Å². The van der Waals surface area contributed by atoms with Crippen LogP contribution >= 0.6 is 0 Å². The van der Waals surface area contributed by atoms with Crippen LogP contribution in [-0.4, -0.2) is 27.5 Å². The maximum Gasteiger partial charge on any atom is 0.251 e. The molecule has 28 heavy (non-hydrogen) atoms. The molecule has 0 radical (unpaired) electrons. The highest BCUT2D eigenvalue weighted by molar-refractivity contribution is 7.89. The molecule has 0 fully saturated rings. The van der Waals surface area contributed by atoms with Gasteiger partial charge in [-0.15, -0.1) is 0 Å². The van der Waals surface area contributed by atoms with E-state index in [4.69, 9.17) is 14.6 Å². The molecule has 0 aliphatic carbocycles. The quantitative estimate of drug-likeness (QED) is 0.701. The maximum absolute atomic E-state index is 12.6. The van der Waals surface area contributed by atoms with E-state index in [-0.39, 0.29) is 16.5 Å². The monoisotopic (exact) mass is 406 g/mol. The molecule has 0 saturated carbocycles. The van der Waals surface area contributed by atoms with Crippen LogP contribution in [0.4, 0.5) is 0 Å². The molecule has 7 nitrogen and oxygen atoms in total. The average Bonchev–Trinajstić information content (AvgIpc) is 2.62. The zero-order valence-corrected chi connectivity index (χ0v) is 17.3. The second-order valence-electron chi connectivity index (χ2n) is 6.29. The molecular formula is C20H26N2O5S. The standard InChI is InChI=1S/C20H26N2O5S/c1-5-26-17-10-9-15(11-18(17)27-6-2)14(4)22-20(23)16-8-7-13(3)19(12-16)28(21,24)25/h7-12,14H,5-6H2,1-4H3,(H,22,23)(H2,21,24,25)/t14-/m0/s1. The molecule has 1 atom stereocenters. The largest absolute Gasteiger partial charge is 0.490 e. The fraction of sp³-hybridized carbons (Fsp3) is 0.350. The highest BCUT2D eigenvalue weighted by Gasteiger charge is 2.18. The van der Waals surface area contributed by atoms with Gasteiger partial charge in [0.2, 0.25) is 10.0 Å². The van der Waals surface area contributed by atoms with Gasteiger partial charge in [0.25, 0.3) is 5.91 Å². The van der Waals surface area contributed by atoms with Crippen LogP contribution in [0.15, 0.2) is 41.3 Å². The first kappa shape index (κ1) is 21.7. The number of nitrogens with two attached hydrogens (primary N) is 1. The summed E-state index contributed by atoms with van der Waals surface area (Å²) in [7, 11) is -3.90. The third kappa shape index (κ3) is 5.24. The van der Waals surface area contributed by atoms with Crippen LogP contribution < -0.4 is 19.9 Å². The molecule has 0 spiro atoms. The molecule has 2 aromatic carbocycles.